The Bertz CT molecular complexity index is 617. The van der Waals surface area contributed by atoms with E-state index in [0.29, 0.717) is 13.0 Å². The van der Waals surface area contributed by atoms with E-state index < -0.39 is 36.4 Å². The Kier molecular flexibility index (Phi) is 6.75. The van der Waals surface area contributed by atoms with Gasteiger partial charge in [0.25, 0.3) is 11.8 Å². The predicted molar refractivity (Wildman–Crippen MR) is 78.6 cm³/mol. The summed E-state index contributed by atoms with van der Waals surface area (Å²) in [5, 5.41) is 13.2. The lowest BCUT2D eigenvalue weighted by Gasteiger charge is -2.16. The second kappa shape index (κ2) is 8.32. The van der Waals surface area contributed by atoms with Gasteiger partial charge in [-0.05, 0) is 24.6 Å². The van der Waals surface area contributed by atoms with Gasteiger partial charge in [0.1, 0.15) is 6.04 Å². The maximum absolute atomic E-state index is 12.3. The molecule has 0 spiro atoms. The Labute approximate surface area is 136 Å². The van der Waals surface area contributed by atoms with Gasteiger partial charge >= 0.3 is 12.1 Å². The van der Waals surface area contributed by atoms with E-state index in [9.17, 15) is 27.6 Å². The molecule has 0 saturated carbocycles. The number of aliphatic carboxylic acids is 1. The molecule has 0 aliphatic heterocycles. The van der Waals surface area contributed by atoms with Crippen molar-refractivity contribution in [2.45, 2.75) is 32.0 Å². The fourth-order valence-corrected chi connectivity index (χ4v) is 1.82. The summed E-state index contributed by atoms with van der Waals surface area (Å²) in [6.07, 6.45) is -5.72. The molecule has 1 aromatic rings. The summed E-state index contributed by atoms with van der Waals surface area (Å²) in [7, 11) is 0. The monoisotopic (exact) mass is 346 g/mol. The van der Waals surface area contributed by atoms with Crippen molar-refractivity contribution >= 4 is 17.8 Å². The van der Waals surface area contributed by atoms with E-state index in [-0.39, 0.29) is 11.1 Å². The maximum atomic E-state index is 12.3. The molecule has 1 aromatic carbocycles. The molecule has 1 rings (SSSR count). The third-order valence-corrected chi connectivity index (χ3v) is 2.96. The van der Waals surface area contributed by atoms with Crippen molar-refractivity contribution in [2.24, 2.45) is 0 Å². The molecule has 0 saturated heterocycles. The van der Waals surface area contributed by atoms with Crippen LogP contribution in [0.4, 0.5) is 13.2 Å². The van der Waals surface area contributed by atoms with Gasteiger partial charge in [0.05, 0.1) is 6.42 Å². The number of amides is 2. The minimum Gasteiger partial charge on any atom is -0.480 e. The number of alkyl halides is 3. The highest BCUT2D eigenvalue weighted by Crippen LogP contribution is 2.22. The van der Waals surface area contributed by atoms with E-state index in [4.69, 9.17) is 5.11 Å². The molecule has 0 aromatic heterocycles. The number of carbonyl (C=O) groups excluding carboxylic acids is 2. The molecule has 0 fully saturated rings. The average molecular weight is 346 g/mol. The predicted octanol–water partition coefficient (Wildman–Crippen LogP) is 1.96. The lowest BCUT2D eigenvalue weighted by molar-refractivity contribution is -0.157. The smallest absolute Gasteiger partial charge is 0.391 e. The van der Waals surface area contributed by atoms with Crippen LogP contribution in [0, 0.1) is 0 Å². The van der Waals surface area contributed by atoms with Gasteiger partial charge in [-0.15, -0.1) is 0 Å². The number of carboxylic acid groups (broad SMARTS) is 1. The molecule has 1 unspecified atom stereocenters. The minimum atomic E-state index is -4.74. The highest BCUT2D eigenvalue weighted by atomic mass is 19.4. The molecular formula is C15H17F3N2O4. The van der Waals surface area contributed by atoms with Crippen LogP contribution in [-0.4, -0.2) is 41.7 Å². The fourth-order valence-electron chi connectivity index (χ4n) is 1.82. The van der Waals surface area contributed by atoms with Crippen LogP contribution in [-0.2, 0) is 4.79 Å². The Morgan fingerprint density at radius 2 is 1.75 bits per heavy atom. The molecule has 9 heteroatoms. The molecular weight excluding hydrogens is 329 g/mol. The second-order valence-corrected chi connectivity index (χ2v) is 5.02. The fraction of sp³-hybridized carbons (Fsp3) is 0.400. The molecule has 0 radical (unpaired) electrons. The number of carbonyl (C=O) groups is 3. The van der Waals surface area contributed by atoms with Crippen molar-refractivity contribution in [1.29, 1.82) is 0 Å². The van der Waals surface area contributed by atoms with Crippen molar-refractivity contribution in [3.63, 3.8) is 0 Å². The number of carboxylic acids is 1. The summed E-state index contributed by atoms with van der Waals surface area (Å²) in [5.41, 5.74) is 0.0476. The number of rotatable bonds is 7. The molecule has 2 amide bonds. The number of halogens is 3. The van der Waals surface area contributed by atoms with Crippen LogP contribution in [0.5, 0.6) is 0 Å². The number of nitrogens with one attached hydrogen (secondary N) is 2. The van der Waals surface area contributed by atoms with Crippen LogP contribution in [0.2, 0.25) is 0 Å². The zero-order chi connectivity index (χ0) is 18.3. The van der Waals surface area contributed by atoms with Crippen molar-refractivity contribution < 1.29 is 32.7 Å². The van der Waals surface area contributed by atoms with E-state index in [0.717, 1.165) is 0 Å². The van der Waals surface area contributed by atoms with Gasteiger partial charge < -0.3 is 15.7 Å². The van der Waals surface area contributed by atoms with Gasteiger partial charge in [0.15, 0.2) is 0 Å². The normalized spacial score (nSPS) is 12.3. The molecule has 0 aliphatic carbocycles. The molecule has 6 nitrogen and oxygen atoms in total. The Hall–Kier alpha value is -2.58. The summed E-state index contributed by atoms with van der Waals surface area (Å²) in [6.45, 7) is 2.29. The van der Waals surface area contributed by atoms with Crippen LogP contribution in [0.1, 0.15) is 40.5 Å². The first-order valence-electron chi connectivity index (χ1n) is 7.12. The second-order valence-electron chi connectivity index (χ2n) is 5.02. The Morgan fingerprint density at radius 3 is 2.25 bits per heavy atom. The molecule has 0 aliphatic rings. The third kappa shape index (κ3) is 6.27. The minimum absolute atomic E-state index is 0.104. The quantitative estimate of drug-likeness (QED) is 0.703. The molecule has 0 bridgehead atoms. The van der Waals surface area contributed by atoms with Crippen molar-refractivity contribution in [1.82, 2.24) is 10.6 Å². The Morgan fingerprint density at radius 1 is 1.17 bits per heavy atom. The van der Waals surface area contributed by atoms with Crippen LogP contribution in [0.15, 0.2) is 24.3 Å². The largest absolute Gasteiger partial charge is 0.480 e. The van der Waals surface area contributed by atoms with Crippen LogP contribution >= 0.6 is 0 Å². The SMILES string of the molecule is CCCNC(=O)c1cccc(C(=O)NC(CC(F)(F)F)C(=O)O)c1. The van der Waals surface area contributed by atoms with Gasteiger partial charge in [0, 0.05) is 17.7 Å². The van der Waals surface area contributed by atoms with Crippen molar-refractivity contribution in [3.05, 3.63) is 35.4 Å². The van der Waals surface area contributed by atoms with Gasteiger partial charge in [0.2, 0.25) is 0 Å². The highest BCUT2D eigenvalue weighted by Gasteiger charge is 2.36. The number of hydrogen-bond donors (Lipinski definition) is 3. The standard InChI is InChI=1S/C15H17F3N2O4/c1-2-6-19-12(21)9-4-3-5-10(7-9)13(22)20-11(14(23)24)8-15(16,17)18/h3-5,7,11H,2,6,8H2,1H3,(H,19,21)(H,20,22)(H,23,24). The zero-order valence-electron chi connectivity index (χ0n) is 12.8. The number of hydrogen-bond acceptors (Lipinski definition) is 3. The first kappa shape index (κ1) is 19.5. The highest BCUT2D eigenvalue weighted by molar-refractivity contribution is 6.00. The summed E-state index contributed by atoms with van der Waals surface area (Å²) in [6, 6.07) is 3.18. The first-order chi connectivity index (χ1) is 11.1. The Balaban J connectivity index is 2.86. The van der Waals surface area contributed by atoms with Gasteiger partial charge in [-0.3, -0.25) is 9.59 Å². The average Bonchev–Trinajstić information content (AvgIpc) is 2.50. The molecule has 0 heterocycles. The summed E-state index contributed by atoms with van der Waals surface area (Å²) < 4.78 is 37.0. The molecule has 132 valence electrons. The van der Waals surface area contributed by atoms with Gasteiger partial charge in [-0.1, -0.05) is 13.0 Å². The van der Waals surface area contributed by atoms with E-state index in [1.807, 2.05) is 12.2 Å². The lowest BCUT2D eigenvalue weighted by Crippen LogP contribution is -2.43. The third-order valence-electron chi connectivity index (χ3n) is 2.96. The van der Waals surface area contributed by atoms with Crippen LogP contribution in [0.3, 0.4) is 0 Å². The van der Waals surface area contributed by atoms with E-state index in [1.54, 1.807) is 0 Å². The van der Waals surface area contributed by atoms with Crippen LogP contribution in [0.25, 0.3) is 0 Å². The van der Waals surface area contributed by atoms with E-state index >= 15 is 0 Å². The first-order valence-corrected chi connectivity index (χ1v) is 7.12. The summed E-state index contributed by atoms with van der Waals surface area (Å²) in [5.74, 6) is -3.23. The maximum Gasteiger partial charge on any atom is 0.391 e. The lowest BCUT2D eigenvalue weighted by atomic mass is 10.1. The number of benzene rings is 1. The van der Waals surface area contributed by atoms with E-state index in [1.165, 1.54) is 24.3 Å². The van der Waals surface area contributed by atoms with E-state index in [2.05, 4.69) is 5.32 Å². The molecule has 1 atom stereocenters. The van der Waals surface area contributed by atoms with Crippen LogP contribution < -0.4 is 10.6 Å². The topological polar surface area (TPSA) is 95.5 Å². The van der Waals surface area contributed by atoms with Gasteiger partial charge in [-0.25, -0.2) is 4.79 Å². The summed E-state index contributed by atoms with van der Waals surface area (Å²) >= 11 is 0. The molecule has 3 N–H and O–H groups in total. The van der Waals surface area contributed by atoms with Crippen molar-refractivity contribution in [3.8, 4) is 0 Å². The van der Waals surface area contributed by atoms with Gasteiger partial charge in [-0.2, -0.15) is 13.2 Å². The summed E-state index contributed by atoms with van der Waals surface area (Å²) in [4.78, 5) is 34.6. The molecule has 24 heavy (non-hydrogen) atoms. The van der Waals surface area contributed by atoms with Crippen molar-refractivity contribution in [2.75, 3.05) is 6.54 Å². The zero-order valence-corrected chi connectivity index (χ0v) is 12.8.